The maximum absolute atomic E-state index is 10.9. The van der Waals surface area contributed by atoms with Gasteiger partial charge in [-0.15, -0.1) is 0 Å². The summed E-state index contributed by atoms with van der Waals surface area (Å²) in [5.74, 6) is 0.199. The van der Waals surface area contributed by atoms with Gasteiger partial charge in [-0.2, -0.15) is 0 Å². The first-order chi connectivity index (χ1) is 21.2. The molecule has 0 saturated heterocycles. The van der Waals surface area contributed by atoms with Crippen LogP contribution in [0.25, 0.3) is 0 Å². The van der Waals surface area contributed by atoms with Gasteiger partial charge in [0.25, 0.3) is 0 Å². The Hall–Kier alpha value is -4.57. The zero-order valence-corrected chi connectivity index (χ0v) is 27.0. The highest BCUT2D eigenvalue weighted by atomic mass is 16.5. The smallest absolute Gasteiger partial charge is 0.313 e. The van der Waals surface area contributed by atoms with Crippen LogP contribution in [0, 0.1) is 0 Å². The maximum atomic E-state index is 10.9. The first kappa shape index (κ1) is 49.3. The van der Waals surface area contributed by atoms with Crippen molar-refractivity contribution in [2.75, 3.05) is 46.4 Å². The Bertz CT molecular complexity index is 1200. The lowest BCUT2D eigenvalue weighted by Crippen LogP contribution is -2.09. The molecule has 9 nitrogen and oxygen atoms in total. The van der Waals surface area contributed by atoms with E-state index in [0.29, 0.717) is 12.2 Å². The first-order valence-corrected chi connectivity index (χ1v) is 14.2. The van der Waals surface area contributed by atoms with Gasteiger partial charge in [-0.25, -0.2) is 0 Å². The van der Waals surface area contributed by atoms with Gasteiger partial charge in [0.1, 0.15) is 36.8 Å². The number of carbonyl (C=O) groups excluding carboxylic acids is 5. The number of ketones is 1. The van der Waals surface area contributed by atoms with Crippen molar-refractivity contribution in [3.63, 3.8) is 0 Å². The van der Waals surface area contributed by atoms with E-state index in [9.17, 15) is 24.0 Å². The van der Waals surface area contributed by atoms with Crippen molar-refractivity contribution in [2.45, 2.75) is 53.9 Å². The minimum Gasteiger partial charge on any atom is -0.497 e. The molecular weight excluding hydrogens is 597 g/mol. The van der Waals surface area contributed by atoms with Gasteiger partial charge < -0.3 is 19.1 Å². The highest BCUT2D eigenvalue weighted by molar-refractivity contribution is 5.94. The molecule has 0 atom stereocenters. The highest BCUT2D eigenvalue weighted by Crippen LogP contribution is 2.11. The Morgan fingerprint density at radius 2 is 1.11 bits per heavy atom. The molecule has 3 radical (unpaired) electrons. The molecule has 0 spiro atoms. The summed E-state index contributed by atoms with van der Waals surface area (Å²) in [6.07, 6.45) is 6.38. The number of nitrogens with zero attached hydrogens (tertiary/aromatic N) is 1. The molecule has 0 aliphatic carbocycles. The van der Waals surface area contributed by atoms with Gasteiger partial charge in [0, 0.05) is 58.6 Å². The maximum Gasteiger partial charge on any atom is 0.313 e. The van der Waals surface area contributed by atoms with Crippen LogP contribution in [0.4, 0.5) is 5.69 Å². The largest absolute Gasteiger partial charge is 0.497 e. The third-order valence-corrected chi connectivity index (χ3v) is 5.63. The Balaban J connectivity index is -0.000000262. The van der Waals surface area contributed by atoms with Crippen LogP contribution in [0.5, 0.6) is 5.75 Å². The summed E-state index contributed by atoms with van der Waals surface area (Å²) in [5.41, 5.74) is 3.22. The van der Waals surface area contributed by atoms with E-state index < -0.39 is 5.97 Å². The number of carbonyl (C=O) groups is 5. The van der Waals surface area contributed by atoms with Crippen molar-refractivity contribution in [3.05, 3.63) is 95.6 Å². The predicted molar refractivity (Wildman–Crippen MR) is 192 cm³/mol. The van der Waals surface area contributed by atoms with Crippen LogP contribution < -0.4 is 9.64 Å². The molecule has 47 heavy (non-hydrogen) atoms. The van der Waals surface area contributed by atoms with Crippen LogP contribution in [-0.4, -0.2) is 80.6 Å². The number of anilines is 1. The fourth-order valence-corrected chi connectivity index (χ4v) is 3.21. The monoisotopic (exact) mass is 650 g/mol. The van der Waals surface area contributed by atoms with Crippen LogP contribution in [-0.2, 0) is 19.1 Å². The number of ether oxygens (including phenoxy) is 3. The summed E-state index contributed by atoms with van der Waals surface area (Å²) in [5, 5.41) is 0. The first-order valence-electron chi connectivity index (χ1n) is 14.2. The lowest BCUT2D eigenvalue weighted by atomic mass is 10.2. The molecule has 0 bridgehead atoms. The van der Waals surface area contributed by atoms with E-state index in [1.165, 1.54) is 6.92 Å². The number of benzene rings is 3. The number of rotatable bonds is 14. The van der Waals surface area contributed by atoms with Crippen LogP contribution in [0.15, 0.2) is 78.9 Å². The third kappa shape index (κ3) is 27.5. The minimum absolute atomic E-state index is 0. The molecule has 3 rings (SSSR count). The van der Waals surface area contributed by atoms with Gasteiger partial charge in [0.2, 0.25) is 0 Å². The van der Waals surface area contributed by atoms with Crippen LogP contribution >= 0.6 is 0 Å². The molecule has 0 amide bonds. The zero-order valence-electron chi connectivity index (χ0n) is 27.0. The van der Waals surface area contributed by atoms with Gasteiger partial charge in [-0.1, -0.05) is 51.6 Å². The van der Waals surface area contributed by atoms with Gasteiger partial charge >= 0.3 is 5.97 Å². The number of methoxy groups -OCH3 is 2. The third-order valence-electron chi connectivity index (χ3n) is 5.63. The van der Waals surface area contributed by atoms with E-state index in [1.54, 1.807) is 50.6 Å². The number of aldehydes is 3. The summed E-state index contributed by atoms with van der Waals surface area (Å²) in [7, 11) is 7.21. The summed E-state index contributed by atoms with van der Waals surface area (Å²) >= 11 is 0. The number of Topliss-reactive ketones (excluding diaryl/α,β-unsaturated/α-hetero) is 1. The Morgan fingerprint density at radius 3 is 1.49 bits per heavy atom. The second-order valence-corrected chi connectivity index (χ2v) is 9.53. The molecule has 10 heteroatoms. The van der Waals surface area contributed by atoms with Crippen molar-refractivity contribution in [1.82, 2.24) is 0 Å². The summed E-state index contributed by atoms with van der Waals surface area (Å²) in [6, 6.07) is 23.5. The quantitative estimate of drug-likeness (QED) is 0.0588. The topological polar surface area (TPSA) is 116 Å². The molecule has 0 heterocycles. The van der Waals surface area contributed by atoms with Crippen molar-refractivity contribution in [3.8, 4) is 5.75 Å². The minimum atomic E-state index is -0.417. The molecule has 0 aromatic heterocycles. The molecular formula is C37H53BNO8. The zero-order chi connectivity index (χ0) is 33.0. The standard InChI is InChI=1S/C11H20O4.C9H11NO.C8H8O2.C7H6O.2CH4.B/c1-10(12)9-11(13)15-8-6-4-3-5-7-14-2;1-10(2)9-5-3-8(7-11)4-6-9;1-10-8-4-2-7(6-9)3-5-8;8-6-7-4-2-1-3-5-7;;;/h3-9H2,1-2H3;3-7H,1-2H3;2-6H,1H3;1-6H;2*1H4;. The Labute approximate surface area is 284 Å². The van der Waals surface area contributed by atoms with Crippen molar-refractivity contribution < 1.29 is 38.2 Å². The van der Waals surface area contributed by atoms with E-state index in [2.05, 4.69) is 0 Å². The van der Waals surface area contributed by atoms with Gasteiger partial charge in [0.15, 0.2) is 0 Å². The SMILES string of the molecule is C.C.CN(C)c1ccc(C=O)cc1.COCCCCCCOC(=O)CC(C)=O.COc1ccc(C=O)cc1.O=Cc1ccccc1.[B]. The number of hydrogen-bond donors (Lipinski definition) is 0. The van der Waals surface area contributed by atoms with Crippen LogP contribution in [0.3, 0.4) is 0 Å². The predicted octanol–water partition coefficient (Wildman–Crippen LogP) is 7.18. The Morgan fingerprint density at radius 1 is 0.660 bits per heavy atom. The Kier molecular flexibility index (Phi) is 34.4. The number of hydrogen-bond acceptors (Lipinski definition) is 9. The van der Waals surface area contributed by atoms with E-state index in [0.717, 1.165) is 73.7 Å². The molecule has 0 unspecified atom stereocenters. The van der Waals surface area contributed by atoms with Gasteiger partial charge in [-0.3, -0.25) is 24.0 Å². The average Bonchev–Trinajstić information content (AvgIpc) is 3.05. The summed E-state index contributed by atoms with van der Waals surface area (Å²) in [4.78, 5) is 53.9. The van der Waals surface area contributed by atoms with Gasteiger partial charge in [0.05, 0.1) is 13.7 Å². The van der Waals surface area contributed by atoms with E-state index in [1.807, 2.05) is 61.5 Å². The highest BCUT2D eigenvalue weighted by Gasteiger charge is 2.05. The number of esters is 1. The second kappa shape index (κ2) is 32.8. The summed E-state index contributed by atoms with van der Waals surface area (Å²) < 4.78 is 14.7. The van der Waals surface area contributed by atoms with Crippen molar-refractivity contribution in [1.29, 1.82) is 0 Å². The fourth-order valence-electron chi connectivity index (χ4n) is 3.21. The molecule has 0 aliphatic heterocycles. The van der Waals surface area contributed by atoms with Crippen molar-refractivity contribution >= 4 is 44.7 Å². The molecule has 0 N–H and O–H groups in total. The molecule has 3 aromatic carbocycles. The van der Waals surface area contributed by atoms with E-state index in [-0.39, 0.29) is 35.5 Å². The molecule has 0 saturated carbocycles. The average molecular weight is 651 g/mol. The van der Waals surface area contributed by atoms with Crippen LogP contribution in [0.1, 0.15) is 85.0 Å². The van der Waals surface area contributed by atoms with E-state index >= 15 is 0 Å². The molecule has 0 fully saturated rings. The van der Waals surface area contributed by atoms with Gasteiger partial charge in [-0.05, 0) is 74.7 Å². The van der Waals surface area contributed by atoms with E-state index in [4.69, 9.17) is 14.2 Å². The lowest BCUT2D eigenvalue weighted by molar-refractivity contribution is -0.145. The normalized spacial score (nSPS) is 8.70. The number of unbranched alkanes of at least 4 members (excludes halogenated alkanes) is 3. The van der Waals surface area contributed by atoms with Crippen LogP contribution in [0.2, 0.25) is 0 Å². The lowest BCUT2D eigenvalue weighted by Gasteiger charge is -2.11. The molecule has 0 aliphatic rings. The molecule has 257 valence electrons. The summed E-state index contributed by atoms with van der Waals surface area (Å²) in [6.45, 7) is 2.58. The fraction of sp³-hybridized carbons (Fsp3) is 0.378. The molecule has 3 aromatic rings. The van der Waals surface area contributed by atoms with Crippen molar-refractivity contribution in [2.24, 2.45) is 0 Å². The second-order valence-electron chi connectivity index (χ2n) is 9.53.